The molecule has 0 amide bonds. The Bertz CT molecular complexity index is 545. The Kier molecular flexibility index (Phi) is 5.59. The molecule has 0 saturated heterocycles. The van der Waals surface area contributed by atoms with Crippen molar-refractivity contribution in [3.63, 3.8) is 0 Å². The van der Waals surface area contributed by atoms with Crippen LogP contribution in [-0.4, -0.2) is 6.54 Å². The van der Waals surface area contributed by atoms with Gasteiger partial charge < -0.3 is 5.73 Å². The van der Waals surface area contributed by atoms with Gasteiger partial charge in [0.2, 0.25) is 0 Å². The Balaban J connectivity index is 2.09. The van der Waals surface area contributed by atoms with Gasteiger partial charge in [0, 0.05) is 27.6 Å². The van der Waals surface area contributed by atoms with E-state index in [1.807, 2.05) is 48.5 Å². The molecule has 1 atom stereocenters. The van der Waals surface area contributed by atoms with Gasteiger partial charge in [-0.1, -0.05) is 59.6 Å². The van der Waals surface area contributed by atoms with E-state index in [2.05, 4.69) is 0 Å². The van der Waals surface area contributed by atoms with Crippen molar-refractivity contribution in [1.82, 2.24) is 0 Å². The first-order chi connectivity index (χ1) is 9.22. The van der Waals surface area contributed by atoms with Crippen molar-refractivity contribution >= 4 is 35.0 Å². The van der Waals surface area contributed by atoms with Crippen LogP contribution < -0.4 is 5.73 Å². The minimum absolute atomic E-state index is 0.185. The van der Waals surface area contributed by atoms with E-state index < -0.39 is 0 Å². The van der Waals surface area contributed by atoms with E-state index in [1.54, 1.807) is 11.8 Å². The van der Waals surface area contributed by atoms with Gasteiger partial charge in [0.15, 0.2) is 0 Å². The van der Waals surface area contributed by atoms with Gasteiger partial charge in [-0.2, -0.15) is 0 Å². The summed E-state index contributed by atoms with van der Waals surface area (Å²) in [6, 6.07) is 15.7. The van der Waals surface area contributed by atoms with Gasteiger partial charge >= 0.3 is 0 Å². The smallest absolute Gasteiger partial charge is 0.0449 e. The minimum atomic E-state index is 0.185. The first-order valence-corrected chi connectivity index (χ1v) is 7.82. The van der Waals surface area contributed by atoms with E-state index in [0.29, 0.717) is 6.54 Å². The van der Waals surface area contributed by atoms with Gasteiger partial charge in [0.1, 0.15) is 0 Å². The molecule has 2 N–H and O–H groups in total. The number of hydrogen-bond donors (Lipinski definition) is 1. The van der Waals surface area contributed by atoms with Crippen LogP contribution in [0, 0.1) is 0 Å². The number of thioether (sulfide) groups is 1. The van der Waals surface area contributed by atoms with E-state index in [0.717, 1.165) is 26.9 Å². The summed E-state index contributed by atoms with van der Waals surface area (Å²) in [5.41, 5.74) is 8.07. The van der Waals surface area contributed by atoms with Gasteiger partial charge in [0.25, 0.3) is 0 Å². The van der Waals surface area contributed by atoms with Gasteiger partial charge in [-0.15, -0.1) is 11.8 Å². The van der Waals surface area contributed by atoms with Gasteiger partial charge in [-0.25, -0.2) is 0 Å². The lowest BCUT2D eigenvalue weighted by molar-refractivity contribution is 0.940. The quantitative estimate of drug-likeness (QED) is 0.847. The Morgan fingerprint density at radius 3 is 2.21 bits per heavy atom. The predicted octanol–water partition coefficient (Wildman–Crippen LogP) is 4.93. The predicted molar refractivity (Wildman–Crippen MR) is 86.0 cm³/mol. The highest BCUT2D eigenvalue weighted by atomic mass is 35.5. The van der Waals surface area contributed by atoms with Gasteiger partial charge in [0.05, 0.1) is 0 Å². The van der Waals surface area contributed by atoms with Gasteiger partial charge in [-0.3, -0.25) is 0 Å². The van der Waals surface area contributed by atoms with Crippen molar-refractivity contribution in [2.45, 2.75) is 11.0 Å². The minimum Gasteiger partial charge on any atom is -0.329 e. The zero-order chi connectivity index (χ0) is 13.7. The van der Waals surface area contributed by atoms with Crippen LogP contribution >= 0.6 is 35.0 Å². The zero-order valence-electron chi connectivity index (χ0n) is 10.4. The van der Waals surface area contributed by atoms with E-state index in [9.17, 15) is 0 Å². The summed E-state index contributed by atoms with van der Waals surface area (Å²) in [4.78, 5) is 0. The molecular formula is C15H15Cl2NS. The number of hydrogen-bond acceptors (Lipinski definition) is 2. The van der Waals surface area contributed by atoms with Crippen LogP contribution in [0.15, 0.2) is 48.5 Å². The molecule has 0 heterocycles. The number of nitrogens with two attached hydrogens (primary N) is 1. The highest BCUT2D eigenvalue weighted by Gasteiger charge is 2.14. The molecule has 4 heteroatoms. The SMILES string of the molecule is NCC(SCc1ccccc1Cl)c1ccccc1Cl. The molecule has 0 fully saturated rings. The molecule has 0 radical (unpaired) electrons. The second-order valence-electron chi connectivity index (χ2n) is 4.15. The normalized spacial score (nSPS) is 12.4. The summed E-state index contributed by atoms with van der Waals surface area (Å²) in [6.45, 7) is 0.554. The third kappa shape index (κ3) is 3.90. The summed E-state index contributed by atoms with van der Waals surface area (Å²) < 4.78 is 0. The van der Waals surface area contributed by atoms with E-state index in [-0.39, 0.29) is 5.25 Å². The summed E-state index contributed by atoms with van der Waals surface area (Å²) in [6.07, 6.45) is 0. The Morgan fingerprint density at radius 2 is 1.58 bits per heavy atom. The maximum absolute atomic E-state index is 6.22. The third-order valence-electron chi connectivity index (χ3n) is 2.86. The zero-order valence-corrected chi connectivity index (χ0v) is 12.7. The molecule has 2 rings (SSSR count). The molecule has 0 aliphatic carbocycles. The van der Waals surface area contributed by atoms with Crippen molar-refractivity contribution in [1.29, 1.82) is 0 Å². The Morgan fingerprint density at radius 1 is 0.947 bits per heavy atom. The van der Waals surface area contributed by atoms with Crippen molar-refractivity contribution < 1.29 is 0 Å². The molecule has 0 aliphatic heterocycles. The van der Waals surface area contributed by atoms with Crippen molar-refractivity contribution in [2.24, 2.45) is 5.73 Å². The number of benzene rings is 2. The van der Waals surface area contributed by atoms with Gasteiger partial charge in [-0.05, 0) is 23.3 Å². The molecular weight excluding hydrogens is 297 g/mol. The topological polar surface area (TPSA) is 26.0 Å². The first-order valence-electron chi connectivity index (χ1n) is 6.02. The second-order valence-corrected chi connectivity index (χ2v) is 6.15. The largest absolute Gasteiger partial charge is 0.329 e. The van der Waals surface area contributed by atoms with Crippen LogP contribution in [0.5, 0.6) is 0 Å². The van der Waals surface area contributed by atoms with Crippen LogP contribution in [0.1, 0.15) is 16.4 Å². The van der Waals surface area contributed by atoms with E-state index >= 15 is 0 Å². The Hall–Kier alpha value is -0.670. The lowest BCUT2D eigenvalue weighted by Crippen LogP contribution is -2.10. The monoisotopic (exact) mass is 311 g/mol. The molecule has 0 bridgehead atoms. The van der Waals surface area contributed by atoms with Crippen LogP contribution in [0.25, 0.3) is 0 Å². The van der Waals surface area contributed by atoms with Crippen LogP contribution in [0.3, 0.4) is 0 Å². The highest BCUT2D eigenvalue weighted by Crippen LogP contribution is 2.35. The summed E-state index contributed by atoms with van der Waals surface area (Å²) in [5, 5.41) is 1.75. The van der Waals surface area contributed by atoms with Crippen LogP contribution in [0.2, 0.25) is 10.0 Å². The highest BCUT2D eigenvalue weighted by molar-refractivity contribution is 7.98. The average Bonchev–Trinajstić information content (AvgIpc) is 2.43. The maximum atomic E-state index is 6.22. The fraction of sp³-hybridized carbons (Fsp3) is 0.200. The molecule has 0 aromatic heterocycles. The standard InChI is InChI=1S/C15H15Cl2NS/c16-13-7-3-1-5-11(13)10-19-15(9-18)12-6-2-4-8-14(12)17/h1-8,15H,9-10,18H2. The summed E-state index contributed by atoms with van der Waals surface area (Å²) in [7, 11) is 0. The summed E-state index contributed by atoms with van der Waals surface area (Å²) in [5.74, 6) is 0.826. The van der Waals surface area contributed by atoms with Crippen molar-refractivity contribution in [3.8, 4) is 0 Å². The average molecular weight is 312 g/mol. The molecule has 2 aromatic rings. The Labute approximate surface area is 128 Å². The lowest BCUT2D eigenvalue weighted by atomic mass is 10.1. The number of halogens is 2. The fourth-order valence-corrected chi connectivity index (χ4v) is 3.59. The fourth-order valence-electron chi connectivity index (χ4n) is 1.83. The molecule has 19 heavy (non-hydrogen) atoms. The van der Waals surface area contributed by atoms with Crippen LogP contribution in [-0.2, 0) is 5.75 Å². The molecule has 1 unspecified atom stereocenters. The molecule has 1 nitrogen and oxygen atoms in total. The first kappa shape index (κ1) is 14.7. The third-order valence-corrected chi connectivity index (χ3v) is 4.90. The molecule has 0 spiro atoms. The van der Waals surface area contributed by atoms with E-state index in [4.69, 9.17) is 28.9 Å². The van der Waals surface area contributed by atoms with Crippen molar-refractivity contribution in [2.75, 3.05) is 6.54 Å². The number of rotatable bonds is 5. The molecule has 2 aromatic carbocycles. The molecule has 0 saturated carbocycles. The maximum Gasteiger partial charge on any atom is 0.0449 e. The summed E-state index contributed by atoms with van der Waals surface area (Å²) >= 11 is 14.1. The van der Waals surface area contributed by atoms with E-state index in [1.165, 1.54) is 0 Å². The second kappa shape index (κ2) is 7.20. The lowest BCUT2D eigenvalue weighted by Gasteiger charge is -2.16. The van der Waals surface area contributed by atoms with Crippen LogP contribution in [0.4, 0.5) is 0 Å². The van der Waals surface area contributed by atoms with Crippen molar-refractivity contribution in [3.05, 3.63) is 69.7 Å². The molecule has 100 valence electrons. The molecule has 0 aliphatic rings.